The van der Waals surface area contributed by atoms with Crippen molar-refractivity contribution in [3.63, 3.8) is 0 Å². The summed E-state index contributed by atoms with van der Waals surface area (Å²) in [6.45, 7) is 0.868. The van der Waals surface area contributed by atoms with Gasteiger partial charge in [0.05, 0.1) is 5.69 Å². The highest BCUT2D eigenvalue weighted by Gasteiger charge is 2.13. The summed E-state index contributed by atoms with van der Waals surface area (Å²) in [6.07, 6.45) is 4.34. The molecule has 0 aliphatic heterocycles. The molecule has 2 aromatic rings. The highest BCUT2D eigenvalue weighted by atomic mass is 35.5. The fourth-order valence-corrected chi connectivity index (χ4v) is 1.91. The van der Waals surface area contributed by atoms with Crippen LogP contribution in [-0.4, -0.2) is 28.1 Å². The summed E-state index contributed by atoms with van der Waals surface area (Å²) in [7, 11) is 3.84. The SMILES string of the molecule is CNCCc1nc(-c2ccncc2)n(C)c1Cl. The van der Waals surface area contributed by atoms with Crippen molar-refractivity contribution in [3.8, 4) is 11.4 Å². The number of likely N-dealkylation sites (N-methyl/N-ethyl adjacent to an activating group) is 1. The van der Waals surface area contributed by atoms with Gasteiger partial charge in [0, 0.05) is 38.0 Å². The first-order chi connectivity index (χ1) is 8.24. The molecule has 0 bridgehead atoms. The molecular weight excluding hydrogens is 236 g/mol. The van der Waals surface area contributed by atoms with Crippen LogP contribution in [0.5, 0.6) is 0 Å². The van der Waals surface area contributed by atoms with Crippen molar-refractivity contribution in [1.29, 1.82) is 0 Å². The topological polar surface area (TPSA) is 42.7 Å². The van der Waals surface area contributed by atoms with Crippen molar-refractivity contribution in [2.75, 3.05) is 13.6 Å². The maximum Gasteiger partial charge on any atom is 0.141 e. The molecule has 1 N–H and O–H groups in total. The second-order valence-electron chi connectivity index (χ2n) is 3.82. The number of nitrogens with zero attached hydrogens (tertiary/aromatic N) is 3. The third-order valence-corrected chi connectivity index (χ3v) is 3.11. The lowest BCUT2D eigenvalue weighted by molar-refractivity contribution is 0.779. The molecule has 5 heteroatoms. The van der Waals surface area contributed by atoms with Gasteiger partial charge >= 0.3 is 0 Å². The summed E-state index contributed by atoms with van der Waals surface area (Å²) < 4.78 is 1.90. The van der Waals surface area contributed by atoms with E-state index in [0.29, 0.717) is 5.15 Å². The van der Waals surface area contributed by atoms with Crippen molar-refractivity contribution in [2.24, 2.45) is 7.05 Å². The Bertz CT molecular complexity index is 493. The molecular formula is C12H15ClN4. The van der Waals surface area contributed by atoms with Crippen molar-refractivity contribution in [3.05, 3.63) is 35.4 Å². The van der Waals surface area contributed by atoms with Crippen LogP contribution in [-0.2, 0) is 13.5 Å². The largest absolute Gasteiger partial charge is 0.319 e. The van der Waals surface area contributed by atoms with Crippen molar-refractivity contribution in [1.82, 2.24) is 19.9 Å². The summed E-state index contributed by atoms with van der Waals surface area (Å²) >= 11 is 6.26. The molecule has 2 heterocycles. The fraction of sp³-hybridized carbons (Fsp3) is 0.333. The van der Waals surface area contributed by atoms with E-state index in [0.717, 1.165) is 30.0 Å². The smallest absolute Gasteiger partial charge is 0.141 e. The quantitative estimate of drug-likeness (QED) is 0.901. The van der Waals surface area contributed by atoms with Crippen molar-refractivity contribution >= 4 is 11.6 Å². The lowest BCUT2D eigenvalue weighted by atomic mass is 10.2. The van der Waals surface area contributed by atoms with E-state index >= 15 is 0 Å². The number of hydrogen-bond acceptors (Lipinski definition) is 3. The second kappa shape index (κ2) is 5.29. The monoisotopic (exact) mass is 250 g/mol. The lowest BCUT2D eigenvalue weighted by Crippen LogP contribution is -2.10. The van der Waals surface area contributed by atoms with Crippen LogP contribution in [0.1, 0.15) is 5.69 Å². The van der Waals surface area contributed by atoms with E-state index < -0.39 is 0 Å². The van der Waals surface area contributed by atoms with E-state index in [2.05, 4.69) is 15.3 Å². The van der Waals surface area contributed by atoms with Gasteiger partial charge in [-0.2, -0.15) is 0 Å². The van der Waals surface area contributed by atoms with E-state index in [9.17, 15) is 0 Å². The second-order valence-corrected chi connectivity index (χ2v) is 4.18. The van der Waals surface area contributed by atoms with E-state index in [4.69, 9.17) is 11.6 Å². The Morgan fingerprint density at radius 2 is 2.06 bits per heavy atom. The normalized spacial score (nSPS) is 10.8. The predicted octanol–water partition coefficient (Wildman–Crippen LogP) is 1.90. The summed E-state index contributed by atoms with van der Waals surface area (Å²) in [6, 6.07) is 3.86. The van der Waals surface area contributed by atoms with Gasteiger partial charge in [0.25, 0.3) is 0 Å². The molecule has 0 saturated carbocycles. The molecule has 0 spiro atoms. The fourth-order valence-electron chi connectivity index (χ4n) is 1.70. The third-order valence-electron chi connectivity index (χ3n) is 2.64. The number of aromatic nitrogens is 3. The average molecular weight is 251 g/mol. The zero-order valence-electron chi connectivity index (χ0n) is 9.94. The minimum atomic E-state index is 0.701. The van der Waals surface area contributed by atoms with Gasteiger partial charge in [-0.25, -0.2) is 4.98 Å². The van der Waals surface area contributed by atoms with Crippen LogP contribution in [0, 0.1) is 0 Å². The molecule has 0 aromatic carbocycles. The van der Waals surface area contributed by atoms with Gasteiger partial charge in [0.1, 0.15) is 11.0 Å². The molecule has 0 aliphatic carbocycles. The Morgan fingerprint density at radius 1 is 1.35 bits per heavy atom. The minimum absolute atomic E-state index is 0.701. The van der Waals surface area contributed by atoms with Gasteiger partial charge < -0.3 is 9.88 Å². The van der Waals surface area contributed by atoms with Gasteiger partial charge in [-0.1, -0.05) is 11.6 Å². The molecule has 0 fully saturated rings. The van der Waals surface area contributed by atoms with Crippen molar-refractivity contribution < 1.29 is 0 Å². The number of nitrogens with one attached hydrogen (secondary N) is 1. The number of hydrogen-bond donors (Lipinski definition) is 1. The summed E-state index contributed by atoms with van der Waals surface area (Å²) in [5, 5.41) is 3.79. The highest BCUT2D eigenvalue weighted by Crippen LogP contribution is 2.24. The third kappa shape index (κ3) is 2.48. The van der Waals surface area contributed by atoms with Gasteiger partial charge in [-0.3, -0.25) is 4.98 Å². The first-order valence-electron chi connectivity index (χ1n) is 5.50. The Balaban J connectivity index is 2.36. The van der Waals surface area contributed by atoms with Crippen LogP contribution >= 0.6 is 11.6 Å². The molecule has 0 atom stereocenters. The van der Waals surface area contributed by atoms with Gasteiger partial charge in [-0.15, -0.1) is 0 Å². The molecule has 0 aliphatic rings. The van der Waals surface area contributed by atoms with Crippen LogP contribution in [0.15, 0.2) is 24.5 Å². The molecule has 0 amide bonds. The summed E-state index contributed by atoms with van der Waals surface area (Å²) in [5.41, 5.74) is 1.95. The highest BCUT2D eigenvalue weighted by molar-refractivity contribution is 6.30. The first-order valence-corrected chi connectivity index (χ1v) is 5.88. The molecule has 2 rings (SSSR count). The number of rotatable bonds is 4. The molecule has 0 radical (unpaired) electrons. The average Bonchev–Trinajstić information content (AvgIpc) is 2.65. The van der Waals surface area contributed by atoms with Crippen molar-refractivity contribution in [2.45, 2.75) is 6.42 Å². The number of imidazole rings is 1. The molecule has 0 unspecified atom stereocenters. The number of pyridine rings is 1. The molecule has 0 saturated heterocycles. The van der Waals surface area contributed by atoms with Crippen LogP contribution in [0.25, 0.3) is 11.4 Å². The molecule has 17 heavy (non-hydrogen) atoms. The van der Waals surface area contributed by atoms with Crippen LogP contribution in [0.4, 0.5) is 0 Å². The van der Waals surface area contributed by atoms with Crippen LogP contribution in [0.3, 0.4) is 0 Å². The zero-order valence-corrected chi connectivity index (χ0v) is 10.7. The zero-order chi connectivity index (χ0) is 12.3. The first kappa shape index (κ1) is 12.1. The van der Waals surface area contributed by atoms with E-state index in [-0.39, 0.29) is 0 Å². The maximum atomic E-state index is 6.26. The van der Waals surface area contributed by atoms with E-state index in [1.54, 1.807) is 12.4 Å². The molecule has 90 valence electrons. The minimum Gasteiger partial charge on any atom is -0.319 e. The van der Waals surface area contributed by atoms with E-state index in [1.165, 1.54) is 0 Å². The molecule has 4 nitrogen and oxygen atoms in total. The predicted molar refractivity (Wildman–Crippen MR) is 69.1 cm³/mol. The number of halogens is 1. The Hall–Kier alpha value is -1.39. The van der Waals surface area contributed by atoms with Gasteiger partial charge in [-0.05, 0) is 19.2 Å². The van der Waals surface area contributed by atoms with Gasteiger partial charge in [0.15, 0.2) is 0 Å². The Labute approximate surface area is 106 Å². The lowest BCUT2D eigenvalue weighted by Gasteiger charge is -2.00. The molecule has 2 aromatic heterocycles. The Morgan fingerprint density at radius 3 is 2.71 bits per heavy atom. The van der Waals surface area contributed by atoms with Crippen LogP contribution in [0.2, 0.25) is 5.15 Å². The summed E-state index contributed by atoms with van der Waals surface area (Å²) in [4.78, 5) is 8.58. The van der Waals surface area contributed by atoms with Crippen LogP contribution < -0.4 is 5.32 Å². The Kier molecular flexibility index (Phi) is 3.76. The standard InChI is InChI=1S/C12H15ClN4/c1-14-6-5-10-11(13)17(2)12(16-10)9-3-7-15-8-4-9/h3-4,7-8,14H,5-6H2,1-2H3. The summed E-state index contributed by atoms with van der Waals surface area (Å²) in [5.74, 6) is 0.878. The van der Waals surface area contributed by atoms with Gasteiger partial charge in [0.2, 0.25) is 0 Å². The van der Waals surface area contributed by atoms with E-state index in [1.807, 2.05) is 30.8 Å². The maximum absolute atomic E-state index is 6.26.